The van der Waals surface area contributed by atoms with Crippen LogP contribution in [0.15, 0.2) is 36.7 Å². The van der Waals surface area contributed by atoms with Gasteiger partial charge in [-0.25, -0.2) is 23.1 Å². The molecule has 7 nitrogen and oxygen atoms in total. The van der Waals surface area contributed by atoms with E-state index in [4.69, 9.17) is 9.72 Å². The van der Waals surface area contributed by atoms with Gasteiger partial charge in [-0.1, -0.05) is 26.0 Å². The molecule has 3 heterocycles. The molecular formula is C37H44F6N4O3. The lowest BCUT2D eigenvalue weighted by molar-refractivity contribution is -0.137. The first kappa shape index (κ1) is 36.3. The molecule has 2 N–H and O–H groups in total. The number of hydrogen-bond acceptors (Lipinski definition) is 7. The normalized spacial score (nSPS) is 22.5. The lowest BCUT2D eigenvalue weighted by Crippen LogP contribution is -2.36. The van der Waals surface area contributed by atoms with E-state index >= 15 is 4.39 Å². The SMILES string of the molecule is C[C@@H](O)COc1cnc(N2CCC(c3nc4c(c(C5CCC(F)(F)CC5)c3C(F)c3ccc(C(F)(F)F)cc3)C(O)CC(C)(C)C4)CC2)nc1. The van der Waals surface area contributed by atoms with Gasteiger partial charge < -0.3 is 19.8 Å². The van der Waals surface area contributed by atoms with Crippen LogP contribution in [0.5, 0.6) is 5.75 Å². The summed E-state index contributed by atoms with van der Waals surface area (Å²) < 4.78 is 91.9. The van der Waals surface area contributed by atoms with Crippen LogP contribution in [0.4, 0.5) is 32.3 Å². The second-order valence-electron chi connectivity index (χ2n) is 15.0. The minimum absolute atomic E-state index is 0.0118. The molecule has 3 aromatic rings. The summed E-state index contributed by atoms with van der Waals surface area (Å²) in [6.07, 6.45) is -3.64. The van der Waals surface area contributed by atoms with Crippen molar-refractivity contribution in [3.8, 4) is 5.75 Å². The van der Waals surface area contributed by atoms with Gasteiger partial charge in [0.05, 0.1) is 35.9 Å². The standard InChI is InChI=1S/C37H44F6N4O3/c1-21(48)20-50-26-18-44-34(45-19-26)47-14-10-24(11-15-47)33-31(32(38)23-4-6-25(7-5-23)37(41,42)43)29(22-8-12-36(39,40)13-9-22)30-27(46-33)16-35(2,3)17-28(30)49/h4-7,18-19,21-22,24,28,32,48-49H,8-17,20H2,1-3H3/t21-,28?,32?/m1/s1. The number of hydrogen-bond donors (Lipinski definition) is 2. The Morgan fingerprint density at radius 3 is 2.16 bits per heavy atom. The van der Waals surface area contributed by atoms with Crippen LogP contribution in [0.25, 0.3) is 0 Å². The van der Waals surface area contributed by atoms with Gasteiger partial charge in [-0.2, -0.15) is 13.2 Å². The molecule has 13 heteroatoms. The van der Waals surface area contributed by atoms with E-state index in [0.717, 1.165) is 24.3 Å². The smallest absolute Gasteiger partial charge is 0.416 e. The number of aromatic nitrogens is 3. The number of rotatable bonds is 8. The number of benzene rings is 1. The Bertz CT molecular complexity index is 1630. The largest absolute Gasteiger partial charge is 0.488 e. The molecule has 1 aromatic carbocycles. The number of aliphatic hydroxyl groups excluding tert-OH is 2. The first-order chi connectivity index (χ1) is 23.5. The highest BCUT2D eigenvalue weighted by Gasteiger charge is 2.44. The van der Waals surface area contributed by atoms with Gasteiger partial charge in [-0.15, -0.1) is 0 Å². The first-order valence-corrected chi connectivity index (χ1v) is 17.3. The molecule has 0 bridgehead atoms. The molecule has 1 saturated carbocycles. The van der Waals surface area contributed by atoms with E-state index in [1.165, 1.54) is 12.4 Å². The van der Waals surface area contributed by atoms with Crippen LogP contribution >= 0.6 is 0 Å². The fourth-order valence-electron chi connectivity index (χ4n) is 7.83. The highest BCUT2D eigenvalue weighted by molar-refractivity contribution is 5.51. The number of alkyl halides is 6. The number of aliphatic hydroxyl groups is 2. The summed E-state index contributed by atoms with van der Waals surface area (Å²) in [7, 11) is 0. The van der Waals surface area contributed by atoms with E-state index in [9.17, 15) is 32.2 Å². The molecule has 1 aliphatic heterocycles. The van der Waals surface area contributed by atoms with Crippen LogP contribution < -0.4 is 9.64 Å². The Kier molecular flexibility index (Phi) is 10.1. The molecule has 50 heavy (non-hydrogen) atoms. The maximum atomic E-state index is 17.2. The van der Waals surface area contributed by atoms with Gasteiger partial charge in [-0.3, -0.25) is 4.98 Å². The molecule has 2 unspecified atom stereocenters. The van der Waals surface area contributed by atoms with Gasteiger partial charge in [0, 0.05) is 48.7 Å². The number of piperidine rings is 1. The second kappa shape index (κ2) is 13.9. The van der Waals surface area contributed by atoms with Crippen LogP contribution in [0.3, 0.4) is 0 Å². The van der Waals surface area contributed by atoms with Gasteiger partial charge in [-0.05, 0) is 80.0 Å². The lowest BCUT2D eigenvalue weighted by atomic mass is 9.68. The van der Waals surface area contributed by atoms with E-state index in [0.29, 0.717) is 73.0 Å². The summed E-state index contributed by atoms with van der Waals surface area (Å²) >= 11 is 0. The number of pyridine rings is 1. The van der Waals surface area contributed by atoms with Crippen molar-refractivity contribution in [2.75, 3.05) is 24.6 Å². The average Bonchev–Trinajstić information content (AvgIpc) is 3.06. The third kappa shape index (κ3) is 7.88. The van der Waals surface area contributed by atoms with E-state index < -0.39 is 42.0 Å². The van der Waals surface area contributed by atoms with Gasteiger partial charge in [0.25, 0.3) is 0 Å². The van der Waals surface area contributed by atoms with Crippen molar-refractivity contribution in [1.29, 1.82) is 0 Å². The zero-order valence-corrected chi connectivity index (χ0v) is 28.5. The first-order valence-electron chi connectivity index (χ1n) is 17.3. The number of fused-ring (bicyclic) bond motifs is 1. The maximum absolute atomic E-state index is 17.2. The predicted octanol–water partition coefficient (Wildman–Crippen LogP) is 8.39. The molecule has 2 fully saturated rings. The van der Waals surface area contributed by atoms with Gasteiger partial charge in [0.15, 0.2) is 11.9 Å². The Labute approximate surface area is 288 Å². The molecular weight excluding hydrogens is 662 g/mol. The summed E-state index contributed by atoms with van der Waals surface area (Å²) in [4.78, 5) is 15.9. The van der Waals surface area contributed by atoms with Crippen molar-refractivity contribution in [2.24, 2.45) is 5.41 Å². The molecule has 3 aliphatic rings. The quantitative estimate of drug-likeness (QED) is 0.228. The Morgan fingerprint density at radius 2 is 1.58 bits per heavy atom. The zero-order chi connectivity index (χ0) is 36.0. The summed E-state index contributed by atoms with van der Waals surface area (Å²) in [5, 5.41) is 21.1. The number of anilines is 1. The fourth-order valence-corrected chi connectivity index (χ4v) is 7.83. The fraction of sp³-hybridized carbons (Fsp3) is 0.595. The van der Waals surface area contributed by atoms with Crippen molar-refractivity contribution < 1.29 is 41.3 Å². The monoisotopic (exact) mass is 706 g/mol. The number of nitrogens with zero attached hydrogens (tertiary/aromatic N) is 4. The molecule has 0 spiro atoms. The predicted molar refractivity (Wildman–Crippen MR) is 175 cm³/mol. The molecule has 0 amide bonds. The summed E-state index contributed by atoms with van der Waals surface area (Å²) in [6.45, 7) is 6.77. The third-order valence-corrected chi connectivity index (χ3v) is 10.3. The minimum atomic E-state index is -4.60. The second-order valence-corrected chi connectivity index (χ2v) is 15.0. The molecule has 0 radical (unpaired) electrons. The van der Waals surface area contributed by atoms with Crippen molar-refractivity contribution in [2.45, 2.75) is 114 Å². The number of halogens is 6. The zero-order valence-electron chi connectivity index (χ0n) is 28.5. The van der Waals surface area contributed by atoms with Crippen LogP contribution in [-0.4, -0.2) is 56.9 Å². The van der Waals surface area contributed by atoms with Crippen molar-refractivity contribution >= 4 is 5.95 Å². The van der Waals surface area contributed by atoms with Crippen LogP contribution in [-0.2, 0) is 12.6 Å². The topological polar surface area (TPSA) is 91.6 Å². The third-order valence-electron chi connectivity index (χ3n) is 10.3. The van der Waals surface area contributed by atoms with Gasteiger partial charge in [0.2, 0.25) is 11.9 Å². The van der Waals surface area contributed by atoms with Crippen LogP contribution in [0.1, 0.15) is 129 Å². The molecule has 272 valence electrons. The van der Waals surface area contributed by atoms with E-state index in [1.807, 2.05) is 18.7 Å². The Morgan fingerprint density at radius 1 is 0.960 bits per heavy atom. The van der Waals surface area contributed by atoms with Crippen molar-refractivity contribution in [3.05, 3.63) is 75.9 Å². The highest BCUT2D eigenvalue weighted by atomic mass is 19.4. The van der Waals surface area contributed by atoms with E-state index in [1.54, 1.807) is 6.92 Å². The number of ether oxygens (including phenoxy) is 1. The molecule has 2 aliphatic carbocycles. The van der Waals surface area contributed by atoms with E-state index in [2.05, 4.69) is 9.97 Å². The molecule has 6 rings (SSSR count). The van der Waals surface area contributed by atoms with Gasteiger partial charge in [0.1, 0.15) is 6.61 Å². The highest BCUT2D eigenvalue weighted by Crippen LogP contribution is 2.52. The Balaban J connectivity index is 1.40. The molecule has 3 atom stereocenters. The van der Waals surface area contributed by atoms with Crippen LogP contribution in [0.2, 0.25) is 0 Å². The maximum Gasteiger partial charge on any atom is 0.416 e. The molecule has 2 aromatic heterocycles. The Hall–Kier alpha value is -3.45. The van der Waals surface area contributed by atoms with Crippen LogP contribution in [0, 0.1) is 5.41 Å². The van der Waals surface area contributed by atoms with E-state index in [-0.39, 0.29) is 54.7 Å². The lowest BCUT2D eigenvalue weighted by Gasteiger charge is -2.41. The average molecular weight is 707 g/mol. The van der Waals surface area contributed by atoms with Crippen molar-refractivity contribution in [3.63, 3.8) is 0 Å². The molecule has 1 saturated heterocycles. The summed E-state index contributed by atoms with van der Waals surface area (Å²) in [6, 6.07) is 3.96. The van der Waals surface area contributed by atoms with Gasteiger partial charge >= 0.3 is 6.18 Å². The van der Waals surface area contributed by atoms with Crippen molar-refractivity contribution in [1.82, 2.24) is 15.0 Å². The summed E-state index contributed by atoms with van der Waals surface area (Å²) in [5.41, 5.74) is 1.12. The summed E-state index contributed by atoms with van der Waals surface area (Å²) in [5.74, 6) is -2.66. The minimum Gasteiger partial charge on any atom is -0.488 e.